The molecule has 2 rings (SSSR count). The minimum Gasteiger partial charge on any atom is -0.244 e. The molecule has 0 radical (unpaired) electrons. The molecule has 1 nitrogen and oxygen atoms in total. The van der Waals surface area contributed by atoms with E-state index in [9.17, 15) is 0 Å². The van der Waals surface area contributed by atoms with Gasteiger partial charge in [-0.25, -0.2) is 4.75 Å². The predicted octanol–water partition coefficient (Wildman–Crippen LogP) is 3.28. The molecule has 12 heavy (non-hydrogen) atoms. The van der Waals surface area contributed by atoms with Crippen LogP contribution in [0, 0.1) is 0 Å². The molecule has 3 heteroatoms. The summed E-state index contributed by atoms with van der Waals surface area (Å²) in [5.41, 5.74) is 1.39. The number of nitrogens with zero attached hydrogens (tertiary/aromatic N) is 1. The first-order valence-electron chi connectivity index (χ1n) is 3.84. The molecular weight excluding hydrogens is 184 g/mol. The fourth-order valence-corrected chi connectivity index (χ4v) is 3.14. The molecular formula is C9H9NP2. The Morgan fingerprint density at radius 1 is 1.25 bits per heavy atom. The Kier molecular flexibility index (Phi) is 2.56. The van der Waals surface area contributed by atoms with Gasteiger partial charge >= 0.3 is 0 Å². The largest absolute Gasteiger partial charge is 0.244 e. The standard InChI is InChI=1S/C9H9NP2/c1-2-4-8(5-3-1)6-9-7-10-12-11-9/h1-5,7,12H,6H2. The Bertz CT molecular complexity index is 329. The van der Waals surface area contributed by atoms with Crippen molar-refractivity contribution in [2.45, 2.75) is 6.42 Å². The lowest BCUT2D eigenvalue weighted by Gasteiger charge is -1.95. The number of hydrogen-bond acceptors (Lipinski definition) is 1. The van der Waals surface area contributed by atoms with Gasteiger partial charge in [-0.3, -0.25) is 0 Å². The molecule has 0 fully saturated rings. The SMILES string of the molecule is c1ccc(Cc2cn[pH]p2)cc1. The Balaban J connectivity index is 2.15. The molecule has 0 amide bonds. The van der Waals surface area contributed by atoms with Crippen LogP contribution in [0.5, 0.6) is 0 Å². The number of hydrogen-bond donors (Lipinski definition) is 0. The molecule has 1 unspecified atom stereocenters. The fraction of sp³-hybridized carbons (Fsp3) is 0.111. The van der Waals surface area contributed by atoms with Crippen LogP contribution < -0.4 is 0 Å². The quantitative estimate of drug-likeness (QED) is 0.713. The molecule has 0 spiro atoms. The molecule has 1 aromatic carbocycles. The number of rotatable bonds is 2. The molecule has 1 heterocycles. The summed E-state index contributed by atoms with van der Waals surface area (Å²) in [5.74, 6) is 0. The normalized spacial score (nSPS) is 11.3. The number of benzene rings is 1. The summed E-state index contributed by atoms with van der Waals surface area (Å²) in [7, 11) is 2.15. The second kappa shape index (κ2) is 3.85. The molecule has 1 atom stereocenters. The first-order chi connectivity index (χ1) is 5.95. The highest BCUT2D eigenvalue weighted by molar-refractivity contribution is 7.88. The second-order valence-corrected chi connectivity index (χ2v) is 5.15. The Morgan fingerprint density at radius 2 is 2.08 bits per heavy atom. The van der Waals surface area contributed by atoms with Crippen LogP contribution in [0.1, 0.15) is 10.9 Å². The molecule has 2 aromatic rings. The lowest BCUT2D eigenvalue weighted by Crippen LogP contribution is -1.81. The molecule has 0 aliphatic heterocycles. The molecule has 0 saturated heterocycles. The zero-order valence-electron chi connectivity index (χ0n) is 6.57. The summed E-state index contributed by atoms with van der Waals surface area (Å²) in [4.78, 5) is 0. The maximum atomic E-state index is 4.21. The van der Waals surface area contributed by atoms with E-state index in [1.807, 2.05) is 6.20 Å². The summed E-state index contributed by atoms with van der Waals surface area (Å²) in [6.45, 7) is 0. The van der Waals surface area contributed by atoms with E-state index in [0.717, 1.165) is 14.4 Å². The first-order valence-corrected chi connectivity index (χ1v) is 6.52. The van der Waals surface area contributed by atoms with E-state index in [-0.39, 0.29) is 0 Å². The van der Waals surface area contributed by atoms with Gasteiger partial charge in [0.05, 0.1) is 0 Å². The van der Waals surface area contributed by atoms with Crippen LogP contribution in [0.2, 0.25) is 0 Å². The lowest BCUT2D eigenvalue weighted by molar-refractivity contribution is 1.23. The van der Waals surface area contributed by atoms with Gasteiger partial charge in [0.15, 0.2) is 0 Å². The average molecular weight is 193 g/mol. The minimum absolute atomic E-state index is 0.745. The van der Waals surface area contributed by atoms with Gasteiger partial charge in [-0.05, 0) is 21.5 Å². The van der Waals surface area contributed by atoms with Crippen molar-refractivity contribution in [1.82, 2.24) is 4.75 Å². The summed E-state index contributed by atoms with van der Waals surface area (Å²) < 4.78 is 4.21. The van der Waals surface area contributed by atoms with Crippen molar-refractivity contribution in [3.63, 3.8) is 0 Å². The van der Waals surface area contributed by atoms with E-state index in [1.165, 1.54) is 18.7 Å². The molecule has 0 N–H and O–H groups in total. The molecule has 0 saturated carbocycles. The highest BCUT2D eigenvalue weighted by Crippen LogP contribution is 2.25. The smallest absolute Gasteiger partial charge is 0.0394 e. The maximum Gasteiger partial charge on any atom is 0.0394 e. The summed E-state index contributed by atoms with van der Waals surface area (Å²) in [6.07, 6.45) is 3.09. The maximum absolute atomic E-state index is 4.21. The summed E-state index contributed by atoms with van der Waals surface area (Å²) >= 11 is 0. The second-order valence-electron chi connectivity index (χ2n) is 2.62. The van der Waals surface area contributed by atoms with Gasteiger partial charge in [0.1, 0.15) is 0 Å². The van der Waals surface area contributed by atoms with Gasteiger partial charge in [0.25, 0.3) is 0 Å². The first kappa shape index (κ1) is 7.98. The van der Waals surface area contributed by atoms with Gasteiger partial charge in [-0.2, -0.15) is 0 Å². The Morgan fingerprint density at radius 3 is 2.75 bits per heavy atom. The van der Waals surface area contributed by atoms with Crippen molar-refractivity contribution in [3.05, 3.63) is 47.4 Å². The molecule has 1 aromatic heterocycles. The zero-order chi connectivity index (χ0) is 8.23. The zero-order valence-corrected chi connectivity index (χ0v) is 8.46. The molecule has 0 aliphatic carbocycles. The highest BCUT2D eigenvalue weighted by Gasteiger charge is 1.95. The van der Waals surface area contributed by atoms with Gasteiger partial charge in [0, 0.05) is 17.9 Å². The summed E-state index contributed by atoms with van der Waals surface area (Å²) in [6, 6.07) is 10.5. The van der Waals surface area contributed by atoms with Crippen LogP contribution in [-0.2, 0) is 6.42 Å². The van der Waals surface area contributed by atoms with Crippen molar-refractivity contribution in [1.29, 1.82) is 0 Å². The number of aromatic nitrogens is 1. The Hall–Kier alpha value is -0.640. The van der Waals surface area contributed by atoms with Crippen molar-refractivity contribution >= 4 is 15.9 Å². The topological polar surface area (TPSA) is 12.9 Å². The van der Waals surface area contributed by atoms with E-state index < -0.39 is 0 Å². The molecule has 0 bridgehead atoms. The summed E-state index contributed by atoms with van der Waals surface area (Å²) in [5, 5.41) is 1.44. The minimum atomic E-state index is 0.745. The van der Waals surface area contributed by atoms with E-state index in [0.29, 0.717) is 0 Å². The lowest BCUT2D eigenvalue weighted by atomic mass is 10.1. The van der Waals surface area contributed by atoms with Crippen LogP contribution in [0.15, 0.2) is 36.5 Å². The van der Waals surface area contributed by atoms with Crippen molar-refractivity contribution < 1.29 is 0 Å². The Labute approximate surface area is 75.0 Å². The molecule has 60 valence electrons. The van der Waals surface area contributed by atoms with Crippen LogP contribution >= 0.6 is 15.9 Å². The van der Waals surface area contributed by atoms with Gasteiger partial charge in [-0.15, -0.1) is 0 Å². The van der Waals surface area contributed by atoms with Crippen LogP contribution in [0.3, 0.4) is 0 Å². The van der Waals surface area contributed by atoms with E-state index in [2.05, 4.69) is 35.1 Å². The third-order valence-electron chi connectivity index (χ3n) is 1.69. The molecule has 0 aliphatic rings. The monoisotopic (exact) mass is 193 g/mol. The van der Waals surface area contributed by atoms with Crippen LogP contribution in [0.25, 0.3) is 0 Å². The van der Waals surface area contributed by atoms with Crippen LogP contribution in [-0.4, -0.2) is 4.75 Å². The van der Waals surface area contributed by atoms with Crippen molar-refractivity contribution in [2.24, 2.45) is 0 Å². The van der Waals surface area contributed by atoms with E-state index in [4.69, 9.17) is 0 Å². The van der Waals surface area contributed by atoms with E-state index >= 15 is 0 Å². The average Bonchev–Trinajstić information content (AvgIpc) is 2.59. The van der Waals surface area contributed by atoms with Gasteiger partial charge < -0.3 is 0 Å². The third-order valence-corrected chi connectivity index (χ3v) is 4.11. The van der Waals surface area contributed by atoms with Crippen LogP contribution in [0.4, 0.5) is 0 Å². The van der Waals surface area contributed by atoms with Gasteiger partial charge in [0.2, 0.25) is 0 Å². The van der Waals surface area contributed by atoms with E-state index in [1.54, 1.807) is 0 Å². The highest BCUT2D eigenvalue weighted by atomic mass is 31.8. The fourth-order valence-electron chi connectivity index (χ4n) is 1.12. The predicted molar refractivity (Wildman–Crippen MR) is 55.5 cm³/mol. The van der Waals surface area contributed by atoms with Crippen molar-refractivity contribution in [2.75, 3.05) is 0 Å². The van der Waals surface area contributed by atoms with Crippen molar-refractivity contribution in [3.8, 4) is 0 Å². The third kappa shape index (κ3) is 1.94. The van der Waals surface area contributed by atoms with Gasteiger partial charge in [-0.1, -0.05) is 30.3 Å².